The summed E-state index contributed by atoms with van der Waals surface area (Å²) in [5.41, 5.74) is 0. The Kier molecular flexibility index (Phi) is 2.40. The monoisotopic (exact) mass is 276 g/mol. The molecule has 1 aromatic heterocycles. The lowest BCUT2D eigenvalue weighted by atomic mass is 10.2. The molecule has 1 fully saturated rings. The van der Waals surface area contributed by atoms with Gasteiger partial charge in [0.25, 0.3) is 0 Å². The zero-order chi connectivity index (χ0) is 8.39. The van der Waals surface area contributed by atoms with Crippen LogP contribution in [0.4, 0.5) is 5.82 Å². The van der Waals surface area contributed by atoms with Gasteiger partial charge in [-0.1, -0.05) is 0 Å². The van der Waals surface area contributed by atoms with Crippen LogP contribution in [0, 0.1) is 3.57 Å². The summed E-state index contributed by atoms with van der Waals surface area (Å²) in [6.07, 6.45) is 3.37. The van der Waals surface area contributed by atoms with Crippen molar-refractivity contribution in [2.24, 2.45) is 0 Å². The van der Waals surface area contributed by atoms with Gasteiger partial charge in [-0.25, -0.2) is 9.97 Å². The molecule has 2 heterocycles. The summed E-state index contributed by atoms with van der Waals surface area (Å²) in [5.74, 6) is 0.942. The highest BCUT2D eigenvalue weighted by Gasteiger charge is 2.17. The molecule has 1 saturated heterocycles. The van der Waals surface area contributed by atoms with Gasteiger partial charge >= 0.3 is 0 Å². The van der Waals surface area contributed by atoms with E-state index >= 15 is 0 Å². The fourth-order valence-electron chi connectivity index (χ4n) is 1.00. The molecule has 0 saturated carbocycles. The zero-order valence-corrected chi connectivity index (χ0v) is 8.58. The molecule has 4 nitrogen and oxygen atoms in total. The predicted octanol–water partition coefficient (Wildman–Crippen LogP) is 0.465. The van der Waals surface area contributed by atoms with Crippen molar-refractivity contribution in [3.8, 4) is 0 Å². The van der Waals surface area contributed by atoms with Crippen LogP contribution in [0.2, 0.25) is 0 Å². The molecule has 0 aliphatic carbocycles. The van der Waals surface area contributed by atoms with Crippen LogP contribution in [0.3, 0.4) is 0 Å². The van der Waals surface area contributed by atoms with Crippen molar-refractivity contribution in [3.63, 3.8) is 0 Å². The van der Waals surface area contributed by atoms with E-state index in [-0.39, 0.29) is 0 Å². The largest absolute Gasteiger partial charge is 0.364 e. The van der Waals surface area contributed by atoms with Crippen LogP contribution in [0.15, 0.2) is 12.5 Å². The number of rotatable bonds is 2. The van der Waals surface area contributed by atoms with E-state index in [1.807, 2.05) is 6.20 Å². The second-order valence-corrected chi connectivity index (χ2v) is 3.88. The first-order valence-electron chi connectivity index (χ1n) is 3.79. The highest BCUT2D eigenvalue weighted by molar-refractivity contribution is 14.1. The molecule has 0 unspecified atom stereocenters. The van der Waals surface area contributed by atoms with E-state index in [4.69, 9.17) is 0 Å². The summed E-state index contributed by atoms with van der Waals surface area (Å²) in [4.78, 5) is 8.06. The molecular weight excluding hydrogens is 267 g/mol. The van der Waals surface area contributed by atoms with Crippen molar-refractivity contribution in [2.75, 3.05) is 18.4 Å². The second kappa shape index (κ2) is 3.53. The summed E-state index contributed by atoms with van der Waals surface area (Å²) < 4.78 is 1.07. The number of aromatic nitrogens is 2. The summed E-state index contributed by atoms with van der Waals surface area (Å²) in [7, 11) is 0. The summed E-state index contributed by atoms with van der Waals surface area (Å²) in [6.45, 7) is 2.06. The molecule has 0 spiro atoms. The third-order valence-electron chi connectivity index (χ3n) is 1.79. The third kappa shape index (κ3) is 1.66. The van der Waals surface area contributed by atoms with Gasteiger partial charge in [0.15, 0.2) is 0 Å². The van der Waals surface area contributed by atoms with Gasteiger partial charge in [-0.2, -0.15) is 0 Å². The van der Waals surface area contributed by atoms with E-state index in [2.05, 4.69) is 43.2 Å². The number of halogens is 1. The normalized spacial score (nSPS) is 17.1. The standard InChI is InChI=1S/C7H9IN4/c8-6-3-10-4-11-7(6)12-5-1-9-2-5/h3-5,9H,1-2H2,(H,10,11,12). The minimum atomic E-state index is 0.536. The van der Waals surface area contributed by atoms with Crippen LogP contribution in [-0.4, -0.2) is 29.1 Å². The molecule has 0 atom stereocenters. The average Bonchev–Trinajstić information content (AvgIpc) is 2.00. The number of nitrogens with one attached hydrogen (secondary N) is 2. The maximum absolute atomic E-state index is 4.14. The van der Waals surface area contributed by atoms with Gasteiger partial charge in [0.1, 0.15) is 12.1 Å². The van der Waals surface area contributed by atoms with E-state index in [9.17, 15) is 0 Å². The van der Waals surface area contributed by atoms with E-state index in [0.717, 1.165) is 22.5 Å². The molecule has 2 N–H and O–H groups in total. The lowest BCUT2D eigenvalue weighted by molar-refractivity contribution is 0.471. The Labute approximate surface area is 84.3 Å². The molecule has 0 amide bonds. The van der Waals surface area contributed by atoms with Crippen molar-refractivity contribution in [1.29, 1.82) is 0 Å². The molecule has 0 radical (unpaired) electrons. The molecule has 1 aliphatic heterocycles. The summed E-state index contributed by atoms with van der Waals surface area (Å²) >= 11 is 2.23. The fourth-order valence-corrected chi connectivity index (χ4v) is 1.46. The van der Waals surface area contributed by atoms with Crippen molar-refractivity contribution < 1.29 is 0 Å². The Hall–Kier alpha value is -0.430. The van der Waals surface area contributed by atoms with E-state index < -0.39 is 0 Å². The quantitative estimate of drug-likeness (QED) is 0.771. The van der Waals surface area contributed by atoms with Crippen LogP contribution in [0.5, 0.6) is 0 Å². The van der Waals surface area contributed by atoms with Gasteiger partial charge in [0.05, 0.1) is 9.61 Å². The topological polar surface area (TPSA) is 49.8 Å². The molecule has 64 valence electrons. The predicted molar refractivity (Wildman–Crippen MR) is 55.0 cm³/mol. The minimum Gasteiger partial charge on any atom is -0.364 e. The SMILES string of the molecule is Ic1cncnc1NC1CNC1. The maximum Gasteiger partial charge on any atom is 0.143 e. The minimum absolute atomic E-state index is 0.536. The van der Waals surface area contributed by atoms with Crippen LogP contribution >= 0.6 is 22.6 Å². The van der Waals surface area contributed by atoms with E-state index in [1.54, 1.807) is 6.33 Å². The van der Waals surface area contributed by atoms with Crippen LogP contribution in [0.25, 0.3) is 0 Å². The molecule has 2 rings (SSSR count). The Bertz CT molecular complexity index is 274. The van der Waals surface area contributed by atoms with E-state index in [0.29, 0.717) is 6.04 Å². The van der Waals surface area contributed by atoms with Crippen molar-refractivity contribution in [1.82, 2.24) is 15.3 Å². The number of hydrogen-bond acceptors (Lipinski definition) is 4. The van der Waals surface area contributed by atoms with Gasteiger partial charge in [-0.3, -0.25) is 0 Å². The first-order chi connectivity index (χ1) is 5.86. The average molecular weight is 276 g/mol. The van der Waals surface area contributed by atoms with Gasteiger partial charge < -0.3 is 10.6 Å². The Morgan fingerprint density at radius 1 is 1.58 bits per heavy atom. The highest BCUT2D eigenvalue weighted by atomic mass is 127. The third-order valence-corrected chi connectivity index (χ3v) is 2.58. The van der Waals surface area contributed by atoms with Crippen LogP contribution < -0.4 is 10.6 Å². The molecule has 1 aromatic rings. The molecule has 12 heavy (non-hydrogen) atoms. The Balaban J connectivity index is 2.06. The smallest absolute Gasteiger partial charge is 0.143 e. The molecule has 0 aromatic carbocycles. The second-order valence-electron chi connectivity index (χ2n) is 2.72. The number of nitrogens with zero attached hydrogens (tertiary/aromatic N) is 2. The summed E-state index contributed by atoms with van der Waals surface area (Å²) in [6, 6.07) is 0.536. The lowest BCUT2D eigenvalue weighted by Crippen LogP contribution is -2.51. The molecule has 5 heteroatoms. The van der Waals surface area contributed by atoms with Crippen molar-refractivity contribution >= 4 is 28.4 Å². The molecule has 1 aliphatic rings. The van der Waals surface area contributed by atoms with Crippen LogP contribution in [-0.2, 0) is 0 Å². The van der Waals surface area contributed by atoms with Crippen molar-refractivity contribution in [3.05, 3.63) is 16.1 Å². The molecular formula is C7H9IN4. The first-order valence-corrected chi connectivity index (χ1v) is 4.87. The Morgan fingerprint density at radius 2 is 2.42 bits per heavy atom. The van der Waals surface area contributed by atoms with Gasteiger partial charge in [0, 0.05) is 19.3 Å². The van der Waals surface area contributed by atoms with Gasteiger partial charge in [-0.05, 0) is 22.6 Å². The van der Waals surface area contributed by atoms with Crippen LogP contribution in [0.1, 0.15) is 0 Å². The highest BCUT2D eigenvalue weighted by Crippen LogP contribution is 2.14. The number of anilines is 1. The zero-order valence-electron chi connectivity index (χ0n) is 6.42. The van der Waals surface area contributed by atoms with Gasteiger partial charge in [-0.15, -0.1) is 0 Å². The number of hydrogen-bond donors (Lipinski definition) is 2. The summed E-state index contributed by atoms with van der Waals surface area (Å²) in [5, 5.41) is 6.52. The van der Waals surface area contributed by atoms with E-state index in [1.165, 1.54) is 0 Å². The van der Waals surface area contributed by atoms with Crippen molar-refractivity contribution in [2.45, 2.75) is 6.04 Å². The maximum atomic E-state index is 4.14. The lowest BCUT2D eigenvalue weighted by Gasteiger charge is -2.28. The Morgan fingerprint density at radius 3 is 3.00 bits per heavy atom. The molecule has 0 bridgehead atoms. The van der Waals surface area contributed by atoms with Gasteiger partial charge in [0.2, 0.25) is 0 Å². The first kappa shape index (κ1) is 8.18. The fraction of sp³-hybridized carbons (Fsp3) is 0.429.